The molecule has 2 heterocycles. The van der Waals surface area contributed by atoms with Crippen molar-refractivity contribution >= 4 is 57.3 Å². The largest absolute Gasteiger partial charge is 0.370 e. The number of carbonyl (C=O) groups is 3. The molecular weight excluding hydrogens is 497 g/mol. The molecule has 1 aliphatic carbocycles. The second kappa shape index (κ2) is 11.0. The summed E-state index contributed by atoms with van der Waals surface area (Å²) in [7, 11) is 0. The van der Waals surface area contributed by atoms with Gasteiger partial charge >= 0.3 is 5.37 Å². The van der Waals surface area contributed by atoms with Crippen molar-refractivity contribution in [1.29, 1.82) is 0 Å². The number of morpholine rings is 1. The van der Waals surface area contributed by atoms with E-state index in [1.165, 1.54) is 16.2 Å². The van der Waals surface area contributed by atoms with E-state index in [0.29, 0.717) is 53.9 Å². The van der Waals surface area contributed by atoms with E-state index in [4.69, 9.17) is 33.7 Å². The van der Waals surface area contributed by atoms with Crippen LogP contribution in [0.3, 0.4) is 0 Å². The van der Waals surface area contributed by atoms with Gasteiger partial charge in [-0.2, -0.15) is 0 Å². The molecule has 1 saturated carbocycles. The number of anilines is 1. The fourth-order valence-corrected chi connectivity index (χ4v) is 5.51. The zero-order valence-corrected chi connectivity index (χ0v) is 20.8. The summed E-state index contributed by atoms with van der Waals surface area (Å²) in [5.41, 5.74) is 9.11. The number of hydrogen-bond acceptors (Lipinski definition) is 6. The summed E-state index contributed by atoms with van der Waals surface area (Å²) in [5.74, 6) is -0.377. The topological polar surface area (TPSA) is 92.9 Å². The number of amides is 2. The van der Waals surface area contributed by atoms with Crippen LogP contribution in [-0.4, -0.2) is 48.3 Å². The third-order valence-electron chi connectivity index (χ3n) is 6.12. The van der Waals surface area contributed by atoms with Crippen molar-refractivity contribution < 1.29 is 19.1 Å². The molecule has 4 rings (SSSR count). The standard InChI is InChI=1S/C24H25Cl2N3O4S/c25-21-8-7-20(34-21)23(31)18-6-5-17(18)19(9-10-27)29(24(26)32)13-15-1-3-16(4-2-15)28-11-12-33-14-22(28)30/h1-4,7-8,18H,5-6,9-14,27H2/t18-/m1/s1. The SMILES string of the molecule is NCCC(=C1CC[C@H]1C(=O)c1ccc(Cl)s1)N(Cc1ccc(N2CCOCC2=O)cc1)C(=O)Cl. The maximum absolute atomic E-state index is 13.0. The molecule has 0 radical (unpaired) electrons. The van der Waals surface area contributed by atoms with Crippen molar-refractivity contribution in [2.24, 2.45) is 11.7 Å². The lowest BCUT2D eigenvalue weighted by molar-refractivity contribution is -0.125. The van der Waals surface area contributed by atoms with Gasteiger partial charge in [-0.15, -0.1) is 11.3 Å². The molecule has 1 aliphatic heterocycles. The van der Waals surface area contributed by atoms with Crippen LogP contribution in [0.1, 0.15) is 34.5 Å². The van der Waals surface area contributed by atoms with Crippen LogP contribution in [-0.2, 0) is 16.1 Å². The average Bonchev–Trinajstić information content (AvgIpc) is 3.23. The number of hydrogen-bond donors (Lipinski definition) is 1. The monoisotopic (exact) mass is 521 g/mol. The predicted octanol–water partition coefficient (Wildman–Crippen LogP) is 4.82. The highest BCUT2D eigenvalue weighted by molar-refractivity contribution is 7.18. The van der Waals surface area contributed by atoms with E-state index >= 15 is 0 Å². The minimum Gasteiger partial charge on any atom is -0.370 e. The molecule has 180 valence electrons. The van der Waals surface area contributed by atoms with E-state index in [1.807, 2.05) is 24.3 Å². The number of Topliss-reactive ketones (excluding diaryl/α,β-unsaturated/α-hetero) is 1. The smallest absolute Gasteiger partial charge is 0.320 e. The molecule has 1 aromatic heterocycles. The summed E-state index contributed by atoms with van der Waals surface area (Å²) < 4.78 is 5.75. The van der Waals surface area contributed by atoms with Crippen LogP contribution in [0.4, 0.5) is 10.5 Å². The number of rotatable bonds is 8. The van der Waals surface area contributed by atoms with Crippen molar-refractivity contribution in [1.82, 2.24) is 4.90 Å². The maximum Gasteiger partial charge on any atom is 0.320 e. The Morgan fingerprint density at radius 2 is 1.97 bits per heavy atom. The van der Waals surface area contributed by atoms with Crippen molar-refractivity contribution in [3.63, 3.8) is 0 Å². The number of thiophene rings is 1. The number of ether oxygens (including phenoxy) is 1. The molecule has 7 nitrogen and oxygen atoms in total. The summed E-state index contributed by atoms with van der Waals surface area (Å²) in [6.07, 6.45) is 1.86. The number of carbonyl (C=O) groups excluding carboxylic acids is 3. The maximum atomic E-state index is 13.0. The Morgan fingerprint density at radius 3 is 2.53 bits per heavy atom. The first-order chi connectivity index (χ1) is 16.4. The van der Waals surface area contributed by atoms with Gasteiger partial charge in [-0.3, -0.25) is 19.3 Å². The van der Waals surface area contributed by atoms with E-state index in [-0.39, 0.29) is 30.8 Å². The van der Waals surface area contributed by atoms with Crippen molar-refractivity contribution in [2.75, 3.05) is 31.2 Å². The molecule has 0 spiro atoms. The lowest BCUT2D eigenvalue weighted by Gasteiger charge is -2.35. The van der Waals surface area contributed by atoms with Crippen molar-refractivity contribution in [3.05, 3.63) is 62.4 Å². The van der Waals surface area contributed by atoms with Gasteiger partial charge in [-0.25, -0.2) is 0 Å². The molecule has 2 amide bonds. The predicted molar refractivity (Wildman–Crippen MR) is 133 cm³/mol. The summed E-state index contributed by atoms with van der Waals surface area (Å²) >= 11 is 13.3. The highest BCUT2D eigenvalue weighted by Crippen LogP contribution is 2.42. The Bertz CT molecular complexity index is 1120. The van der Waals surface area contributed by atoms with Crippen LogP contribution in [0, 0.1) is 5.92 Å². The molecule has 0 bridgehead atoms. The first kappa shape index (κ1) is 24.9. The second-order valence-electron chi connectivity index (χ2n) is 8.17. The van der Waals surface area contributed by atoms with E-state index in [9.17, 15) is 14.4 Å². The highest BCUT2D eigenvalue weighted by Gasteiger charge is 2.36. The van der Waals surface area contributed by atoms with E-state index in [1.54, 1.807) is 17.0 Å². The van der Waals surface area contributed by atoms with E-state index < -0.39 is 5.37 Å². The molecule has 2 fully saturated rings. The van der Waals surface area contributed by atoms with Crippen LogP contribution < -0.4 is 10.6 Å². The van der Waals surface area contributed by atoms with Crippen LogP contribution >= 0.6 is 34.5 Å². The summed E-state index contributed by atoms with van der Waals surface area (Å²) in [6, 6.07) is 10.9. The number of benzene rings is 1. The lowest BCUT2D eigenvalue weighted by atomic mass is 9.74. The summed E-state index contributed by atoms with van der Waals surface area (Å²) in [5, 5.41) is -0.624. The summed E-state index contributed by atoms with van der Waals surface area (Å²) in [6.45, 7) is 1.63. The molecule has 34 heavy (non-hydrogen) atoms. The molecule has 10 heteroatoms. The van der Waals surface area contributed by atoms with Crippen molar-refractivity contribution in [2.45, 2.75) is 25.8 Å². The third-order valence-corrected chi connectivity index (χ3v) is 7.57. The quantitative estimate of drug-likeness (QED) is 0.305. The number of halogens is 2. The third kappa shape index (κ3) is 5.37. The Labute approximate surface area is 212 Å². The van der Waals surface area contributed by atoms with Gasteiger partial charge in [0.2, 0.25) is 0 Å². The molecule has 1 atom stereocenters. The molecule has 2 N–H and O–H groups in total. The fourth-order valence-electron chi connectivity index (χ4n) is 4.31. The van der Waals surface area contributed by atoms with Gasteiger partial charge in [-0.1, -0.05) is 23.7 Å². The Hall–Kier alpha value is -2.23. The molecule has 1 aromatic carbocycles. The van der Waals surface area contributed by atoms with E-state index in [2.05, 4.69) is 0 Å². The van der Waals surface area contributed by atoms with Crippen LogP contribution in [0.5, 0.6) is 0 Å². The molecule has 2 aromatic rings. The zero-order chi connectivity index (χ0) is 24.2. The van der Waals surface area contributed by atoms with Crippen LogP contribution in [0.2, 0.25) is 4.34 Å². The van der Waals surface area contributed by atoms with Gasteiger partial charge in [0.05, 0.1) is 22.4 Å². The molecular formula is C24H25Cl2N3O4S. The minimum atomic E-state index is -0.624. The number of nitrogens with zero attached hydrogens (tertiary/aromatic N) is 2. The van der Waals surface area contributed by atoms with Gasteiger partial charge in [0.15, 0.2) is 5.78 Å². The Kier molecular flexibility index (Phi) is 8.06. The number of ketones is 1. The molecule has 0 unspecified atom stereocenters. The van der Waals surface area contributed by atoms with E-state index in [0.717, 1.165) is 16.8 Å². The molecule has 2 aliphatic rings. The van der Waals surface area contributed by atoms with Gasteiger partial charge in [0, 0.05) is 30.3 Å². The van der Waals surface area contributed by atoms with Crippen LogP contribution in [0.15, 0.2) is 47.7 Å². The Morgan fingerprint density at radius 1 is 1.21 bits per heavy atom. The van der Waals surface area contributed by atoms with Gasteiger partial charge in [-0.05, 0) is 66.4 Å². The average molecular weight is 522 g/mol. The Balaban J connectivity index is 1.56. The minimum absolute atomic E-state index is 0.00849. The first-order valence-electron chi connectivity index (χ1n) is 11.0. The first-order valence-corrected chi connectivity index (χ1v) is 12.6. The summed E-state index contributed by atoms with van der Waals surface area (Å²) in [4.78, 5) is 41.4. The molecule has 1 saturated heterocycles. The second-order valence-corrected chi connectivity index (χ2v) is 10.2. The van der Waals surface area contributed by atoms with Crippen molar-refractivity contribution in [3.8, 4) is 0 Å². The van der Waals surface area contributed by atoms with Gasteiger partial charge < -0.3 is 15.4 Å². The number of nitrogens with two attached hydrogens (primary N) is 1. The lowest BCUT2D eigenvalue weighted by Crippen LogP contribution is -2.41. The zero-order valence-electron chi connectivity index (χ0n) is 18.5. The van der Waals surface area contributed by atoms with Gasteiger partial charge in [0.25, 0.3) is 5.91 Å². The number of allylic oxidation sites excluding steroid dienone is 1. The van der Waals surface area contributed by atoms with Crippen LogP contribution in [0.25, 0.3) is 0 Å². The highest BCUT2D eigenvalue weighted by atomic mass is 35.5. The normalized spacial score (nSPS) is 19.6. The fraction of sp³-hybridized carbons (Fsp3) is 0.375. The van der Waals surface area contributed by atoms with Gasteiger partial charge in [0.1, 0.15) is 6.61 Å².